The van der Waals surface area contributed by atoms with E-state index >= 15 is 0 Å². The molecular formula is C15H27N3. The number of rotatable bonds is 4. The third-order valence-corrected chi connectivity index (χ3v) is 5.07. The molecule has 3 unspecified atom stereocenters. The Balaban J connectivity index is 2.15. The van der Waals surface area contributed by atoms with Gasteiger partial charge >= 0.3 is 0 Å². The maximum absolute atomic E-state index is 4.46. The maximum Gasteiger partial charge on any atom is 0.0674 e. The maximum atomic E-state index is 4.46. The van der Waals surface area contributed by atoms with E-state index in [9.17, 15) is 0 Å². The third kappa shape index (κ3) is 2.61. The zero-order chi connectivity index (χ0) is 13.2. The predicted octanol–water partition coefficient (Wildman–Crippen LogP) is 3.25. The van der Waals surface area contributed by atoms with Gasteiger partial charge in [0.15, 0.2) is 0 Å². The number of nitrogens with one attached hydrogen (secondary N) is 1. The number of hydrogen-bond donors (Lipinski definition) is 1. The average molecular weight is 249 g/mol. The highest BCUT2D eigenvalue weighted by Gasteiger charge is 2.37. The first-order valence-electron chi connectivity index (χ1n) is 7.25. The minimum Gasteiger partial charge on any atom is -0.315 e. The lowest BCUT2D eigenvalue weighted by atomic mass is 9.67. The van der Waals surface area contributed by atoms with Crippen molar-refractivity contribution in [2.24, 2.45) is 11.3 Å². The van der Waals surface area contributed by atoms with Gasteiger partial charge in [0.25, 0.3) is 0 Å². The molecule has 1 heterocycles. The first-order valence-corrected chi connectivity index (χ1v) is 7.25. The van der Waals surface area contributed by atoms with Gasteiger partial charge in [-0.05, 0) is 43.7 Å². The third-order valence-electron chi connectivity index (χ3n) is 5.07. The topological polar surface area (TPSA) is 29.9 Å². The van der Waals surface area contributed by atoms with E-state index in [0.717, 1.165) is 5.92 Å². The van der Waals surface area contributed by atoms with Gasteiger partial charge in [0.1, 0.15) is 0 Å². The molecule has 1 N–H and O–H groups in total. The van der Waals surface area contributed by atoms with Crippen LogP contribution in [0.15, 0.2) is 18.5 Å². The molecule has 1 aliphatic rings. The summed E-state index contributed by atoms with van der Waals surface area (Å²) in [4.78, 5) is 0. The van der Waals surface area contributed by atoms with Crippen molar-refractivity contribution in [3.63, 3.8) is 0 Å². The monoisotopic (exact) mass is 249 g/mol. The molecule has 0 aliphatic heterocycles. The molecule has 0 radical (unpaired) electrons. The van der Waals surface area contributed by atoms with E-state index in [4.69, 9.17) is 0 Å². The molecule has 2 rings (SSSR count). The van der Waals surface area contributed by atoms with Crippen molar-refractivity contribution >= 4 is 0 Å². The summed E-state index contributed by atoms with van der Waals surface area (Å²) in [5.41, 5.74) is 0.449. The predicted molar refractivity (Wildman–Crippen MR) is 75.5 cm³/mol. The molecule has 0 saturated heterocycles. The molecule has 1 fully saturated rings. The lowest BCUT2D eigenvalue weighted by molar-refractivity contribution is 0.0984. The van der Waals surface area contributed by atoms with Crippen LogP contribution < -0.4 is 5.32 Å². The SMILES string of the molecule is CCC(C)(C)C1CCC(NC)C(n2cccn2)C1. The van der Waals surface area contributed by atoms with E-state index in [1.165, 1.54) is 25.7 Å². The highest BCUT2D eigenvalue weighted by atomic mass is 15.3. The fourth-order valence-corrected chi connectivity index (χ4v) is 3.25. The lowest BCUT2D eigenvalue weighted by Crippen LogP contribution is -2.43. The van der Waals surface area contributed by atoms with Gasteiger partial charge in [-0.25, -0.2) is 0 Å². The molecule has 1 aromatic heterocycles. The van der Waals surface area contributed by atoms with Crippen molar-refractivity contribution in [3.8, 4) is 0 Å². The van der Waals surface area contributed by atoms with Gasteiger partial charge in [0.05, 0.1) is 6.04 Å². The van der Waals surface area contributed by atoms with E-state index in [0.29, 0.717) is 17.5 Å². The normalized spacial score (nSPS) is 29.4. The van der Waals surface area contributed by atoms with Crippen molar-refractivity contribution in [1.82, 2.24) is 15.1 Å². The molecule has 1 saturated carbocycles. The number of likely N-dealkylation sites (N-methyl/N-ethyl adjacent to an activating group) is 1. The first kappa shape index (κ1) is 13.6. The molecule has 3 nitrogen and oxygen atoms in total. The van der Waals surface area contributed by atoms with Crippen LogP contribution in [0, 0.1) is 11.3 Å². The summed E-state index contributed by atoms with van der Waals surface area (Å²) in [7, 11) is 2.08. The van der Waals surface area contributed by atoms with Crippen LogP contribution in [0.1, 0.15) is 52.5 Å². The molecule has 0 aromatic carbocycles. The fourth-order valence-electron chi connectivity index (χ4n) is 3.25. The Hall–Kier alpha value is -0.830. The fraction of sp³-hybridized carbons (Fsp3) is 0.800. The van der Waals surface area contributed by atoms with Crippen LogP contribution in [-0.4, -0.2) is 22.9 Å². The smallest absolute Gasteiger partial charge is 0.0674 e. The van der Waals surface area contributed by atoms with Crippen LogP contribution in [0.4, 0.5) is 0 Å². The van der Waals surface area contributed by atoms with Gasteiger partial charge in [-0.15, -0.1) is 0 Å². The van der Waals surface area contributed by atoms with Gasteiger partial charge < -0.3 is 5.32 Å². The summed E-state index contributed by atoms with van der Waals surface area (Å²) in [6.45, 7) is 7.14. The number of nitrogens with zero attached hydrogens (tertiary/aromatic N) is 2. The van der Waals surface area contributed by atoms with Gasteiger partial charge in [-0.3, -0.25) is 4.68 Å². The quantitative estimate of drug-likeness (QED) is 0.887. The van der Waals surface area contributed by atoms with Gasteiger partial charge in [-0.1, -0.05) is 27.2 Å². The van der Waals surface area contributed by atoms with Crippen LogP contribution in [-0.2, 0) is 0 Å². The summed E-state index contributed by atoms with van der Waals surface area (Å²) in [6, 6.07) is 3.10. The second kappa shape index (κ2) is 5.43. The van der Waals surface area contributed by atoms with E-state index < -0.39 is 0 Å². The molecule has 1 aliphatic carbocycles. The largest absolute Gasteiger partial charge is 0.315 e. The van der Waals surface area contributed by atoms with Gasteiger partial charge in [0.2, 0.25) is 0 Å². The Bertz CT molecular complexity index is 356. The van der Waals surface area contributed by atoms with E-state index in [1.807, 2.05) is 12.3 Å². The second-order valence-corrected chi connectivity index (χ2v) is 6.30. The van der Waals surface area contributed by atoms with E-state index in [1.54, 1.807) is 0 Å². The molecule has 102 valence electrons. The first-order chi connectivity index (χ1) is 8.58. The van der Waals surface area contributed by atoms with Crippen LogP contribution in [0.3, 0.4) is 0 Å². The Labute approximate surface area is 111 Å². The van der Waals surface area contributed by atoms with E-state index in [2.05, 4.69) is 49.1 Å². The molecule has 0 spiro atoms. The minimum absolute atomic E-state index is 0.449. The summed E-state index contributed by atoms with van der Waals surface area (Å²) in [5, 5.41) is 7.93. The Morgan fingerprint density at radius 2 is 2.17 bits per heavy atom. The summed E-state index contributed by atoms with van der Waals surface area (Å²) in [6.07, 6.45) is 9.10. The van der Waals surface area contributed by atoms with Crippen molar-refractivity contribution in [1.29, 1.82) is 0 Å². The molecule has 0 bridgehead atoms. The Morgan fingerprint density at radius 1 is 1.39 bits per heavy atom. The zero-order valence-electron chi connectivity index (χ0n) is 12.2. The van der Waals surface area contributed by atoms with Crippen LogP contribution in [0.25, 0.3) is 0 Å². The highest BCUT2D eigenvalue weighted by molar-refractivity contribution is 4.94. The summed E-state index contributed by atoms with van der Waals surface area (Å²) >= 11 is 0. The number of hydrogen-bond acceptors (Lipinski definition) is 2. The summed E-state index contributed by atoms with van der Waals surface area (Å²) < 4.78 is 2.15. The standard InChI is InChI=1S/C15H27N3/c1-5-15(2,3)12-7-8-13(16-4)14(11-12)18-10-6-9-17-18/h6,9-10,12-14,16H,5,7-8,11H2,1-4H3. The molecule has 3 atom stereocenters. The van der Waals surface area contributed by atoms with E-state index in [-0.39, 0.29) is 0 Å². The van der Waals surface area contributed by atoms with Gasteiger partial charge in [-0.2, -0.15) is 5.10 Å². The summed E-state index contributed by atoms with van der Waals surface area (Å²) in [5.74, 6) is 0.807. The van der Waals surface area contributed by atoms with Crippen molar-refractivity contribution < 1.29 is 0 Å². The minimum atomic E-state index is 0.449. The highest BCUT2D eigenvalue weighted by Crippen LogP contribution is 2.43. The van der Waals surface area contributed by atoms with Crippen molar-refractivity contribution in [3.05, 3.63) is 18.5 Å². The van der Waals surface area contributed by atoms with Gasteiger partial charge in [0, 0.05) is 18.4 Å². The number of aromatic nitrogens is 2. The Kier molecular flexibility index (Phi) is 4.10. The Morgan fingerprint density at radius 3 is 2.72 bits per heavy atom. The molecule has 1 aromatic rings. The second-order valence-electron chi connectivity index (χ2n) is 6.30. The average Bonchev–Trinajstić information content (AvgIpc) is 2.91. The molecule has 3 heteroatoms. The molecular weight excluding hydrogens is 222 g/mol. The van der Waals surface area contributed by atoms with Crippen LogP contribution >= 0.6 is 0 Å². The van der Waals surface area contributed by atoms with Crippen molar-refractivity contribution in [2.45, 2.75) is 58.5 Å². The zero-order valence-corrected chi connectivity index (χ0v) is 12.2. The molecule has 18 heavy (non-hydrogen) atoms. The lowest BCUT2D eigenvalue weighted by Gasteiger charge is -2.43. The molecule has 0 amide bonds. The van der Waals surface area contributed by atoms with Crippen LogP contribution in [0.2, 0.25) is 0 Å². The van der Waals surface area contributed by atoms with Crippen molar-refractivity contribution in [2.75, 3.05) is 7.05 Å². The van der Waals surface area contributed by atoms with Crippen LogP contribution in [0.5, 0.6) is 0 Å².